The summed E-state index contributed by atoms with van der Waals surface area (Å²) in [6.45, 7) is 4.67. The van der Waals surface area contributed by atoms with Crippen molar-refractivity contribution in [1.82, 2.24) is 9.97 Å². The molecule has 32 heavy (non-hydrogen) atoms. The topological polar surface area (TPSA) is 46.1 Å². The Kier molecular flexibility index (Phi) is 7.17. The lowest BCUT2D eigenvalue weighted by Gasteiger charge is -2.19. The van der Waals surface area contributed by atoms with Gasteiger partial charge in [0, 0.05) is 23.3 Å². The van der Waals surface area contributed by atoms with Crippen molar-refractivity contribution in [2.24, 2.45) is 0 Å². The van der Waals surface area contributed by atoms with Crippen molar-refractivity contribution in [2.75, 3.05) is 10.7 Å². The molecule has 0 radical (unpaired) electrons. The van der Waals surface area contributed by atoms with Gasteiger partial charge in [-0.05, 0) is 53.9 Å². The van der Waals surface area contributed by atoms with Gasteiger partial charge in [-0.3, -0.25) is 14.7 Å². The van der Waals surface area contributed by atoms with E-state index in [9.17, 15) is 9.18 Å². The van der Waals surface area contributed by atoms with Gasteiger partial charge in [0.15, 0.2) is 5.13 Å². The van der Waals surface area contributed by atoms with Crippen molar-refractivity contribution in [3.63, 3.8) is 0 Å². The molecule has 2 heterocycles. The van der Waals surface area contributed by atoms with E-state index < -0.39 is 0 Å². The van der Waals surface area contributed by atoms with Crippen LogP contribution >= 0.6 is 23.1 Å². The van der Waals surface area contributed by atoms with Crippen LogP contribution in [0, 0.1) is 5.82 Å². The summed E-state index contributed by atoms with van der Waals surface area (Å²) in [6.07, 6.45) is 2.08. The van der Waals surface area contributed by atoms with E-state index in [1.165, 1.54) is 29.0 Å². The molecule has 0 saturated carbocycles. The fraction of sp³-hybridized carbons (Fsp3) is 0.240. The molecule has 0 N–H and O–H groups in total. The third-order valence-corrected chi connectivity index (χ3v) is 7.09. The number of thiazole rings is 1. The highest BCUT2D eigenvalue weighted by Crippen LogP contribution is 2.34. The van der Waals surface area contributed by atoms with Crippen LogP contribution in [-0.4, -0.2) is 21.6 Å². The number of pyridine rings is 1. The number of hydrogen-bond acceptors (Lipinski definition) is 5. The summed E-state index contributed by atoms with van der Waals surface area (Å²) in [5.41, 5.74) is 2.96. The molecule has 4 aromatic rings. The Hall–Kier alpha value is -2.77. The maximum absolute atomic E-state index is 13.3. The minimum Gasteiger partial charge on any atom is -0.282 e. The Morgan fingerprint density at radius 1 is 1.09 bits per heavy atom. The normalized spacial score (nSPS) is 11.2. The second-order valence-corrected chi connectivity index (χ2v) is 9.88. The minimum absolute atomic E-state index is 0.00424. The van der Waals surface area contributed by atoms with E-state index in [1.54, 1.807) is 35.0 Å². The summed E-state index contributed by atoms with van der Waals surface area (Å²) in [7, 11) is 0. The van der Waals surface area contributed by atoms with Gasteiger partial charge in [0.2, 0.25) is 5.91 Å². The van der Waals surface area contributed by atoms with Crippen molar-refractivity contribution in [2.45, 2.75) is 37.6 Å². The van der Waals surface area contributed by atoms with Gasteiger partial charge in [-0.25, -0.2) is 9.37 Å². The van der Waals surface area contributed by atoms with Crippen LogP contribution in [-0.2, 0) is 11.3 Å². The molecule has 0 aliphatic carbocycles. The maximum atomic E-state index is 13.3. The first-order valence-corrected chi connectivity index (χ1v) is 12.3. The van der Waals surface area contributed by atoms with Gasteiger partial charge < -0.3 is 0 Å². The molecule has 0 aliphatic rings. The van der Waals surface area contributed by atoms with E-state index >= 15 is 0 Å². The monoisotopic (exact) mass is 465 g/mol. The lowest BCUT2D eigenvalue weighted by atomic mass is 10.0. The molecule has 4 nitrogen and oxygen atoms in total. The highest BCUT2D eigenvalue weighted by molar-refractivity contribution is 7.99. The first kappa shape index (κ1) is 22.4. The van der Waals surface area contributed by atoms with Crippen LogP contribution in [0.3, 0.4) is 0 Å². The van der Waals surface area contributed by atoms with Gasteiger partial charge in [-0.2, -0.15) is 0 Å². The molecular formula is C25H24FN3OS2. The highest BCUT2D eigenvalue weighted by atomic mass is 32.2. The molecule has 0 fully saturated rings. The quantitative estimate of drug-likeness (QED) is 0.273. The Morgan fingerprint density at radius 2 is 1.91 bits per heavy atom. The number of hydrogen-bond donors (Lipinski definition) is 0. The van der Waals surface area contributed by atoms with Crippen LogP contribution in [0.15, 0.2) is 71.8 Å². The zero-order chi connectivity index (χ0) is 22.5. The minimum atomic E-state index is -0.261. The Morgan fingerprint density at radius 3 is 2.62 bits per heavy atom. The van der Waals surface area contributed by atoms with E-state index in [0.717, 1.165) is 20.8 Å². The summed E-state index contributed by atoms with van der Waals surface area (Å²) in [6, 6.07) is 18.2. The molecule has 7 heteroatoms. The Bertz CT molecular complexity index is 1190. The molecule has 0 unspecified atom stereocenters. The summed E-state index contributed by atoms with van der Waals surface area (Å²) in [5.74, 6) is 0.686. The zero-order valence-corrected chi connectivity index (χ0v) is 19.6. The van der Waals surface area contributed by atoms with Gasteiger partial charge in [-0.15, -0.1) is 11.8 Å². The highest BCUT2D eigenvalue weighted by Gasteiger charge is 2.22. The van der Waals surface area contributed by atoms with Crippen molar-refractivity contribution in [1.29, 1.82) is 0 Å². The summed E-state index contributed by atoms with van der Waals surface area (Å²) >= 11 is 3.07. The van der Waals surface area contributed by atoms with Crippen molar-refractivity contribution in [3.8, 4) is 0 Å². The molecular weight excluding hydrogens is 441 g/mol. The molecule has 4 rings (SSSR count). The van der Waals surface area contributed by atoms with Gasteiger partial charge in [0.1, 0.15) is 5.82 Å². The SMILES string of the molecule is CC(C)c1cccc2sc(N(Cc3ccccn3)C(=O)CCSc3ccc(F)cc3)nc12. The average molecular weight is 466 g/mol. The van der Waals surface area contributed by atoms with E-state index in [1.807, 2.05) is 24.3 Å². The smallest absolute Gasteiger partial charge is 0.229 e. The first-order chi connectivity index (χ1) is 15.5. The number of fused-ring (bicyclic) bond motifs is 1. The summed E-state index contributed by atoms with van der Waals surface area (Å²) in [4.78, 5) is 25.2. The molecule has 164 valence electrons. The van der Waals surface area contributed by atoms with Gasteiger partial charge in [0.05, 0.1) is 22.5 Å². The van der Waals surface area contributed by atoms with E-state index in [2.05, 4.69) is 31.0 Å². The van der Waals surface area contributed by atoms with Crippen molar-refractivity contribution in [3.05, 3.63) is 83.9 Å². The predicted molar refractivity (Wildman–Crippen MR) is 131 cm³/mol. The maximum Gasteiger partial charge on any atom is 0.229 e. The number of aromatic nitrogens is 2. The molecule has 1 amide bonds. The number of thioether (sulfide) groups is 1. The molecule has 0 bridgehead atoms. The third-order valence-electron chi connectivity index (χ3n) is 5.04. The molecule has 0 spiro atoms. The van der Waals surface area contributed by atoms with Crippen LogP contribution in [0.5, 0.6) is 0 Å². The number of nitrogens with zero attached hydrogens (tertiary/aromatic N) is 3. The second kappa shape index (κ2) is 10.2. The number of carbonyl (C=O) groups is 1. The largest absolute Gasteiger partial charge is 0.282 e. The van der Waals surface area contributed by atoms with Gasteiger partial charge in [-0.1, -0.05) is 43.4 Å². The standard InChI is InChI=1S/C25H24FN3OS2/c1-17(2)21-7-5-8-22-24(21)28-25(32-22)29(16-19-6-3-4-14-27-19)23(30)13-15-31-20-11-9-18(26)10-12-20/h3-12,14,17H,13,15-16H2,1-2H3. The van der Waals surface area contributed by atoms with Gasteiger partial charge >= 0.3 is 0 Å². The van der Waals surface area contributed by atoms with Crippen molar-refractivity contribution < 1.29 is 9.18 Å². The molecule has 2 aromatic carbocycles. The molecule has 0 atom stereocenters. The van der Waals surface area contributed by atoms with Crippen LogP contribution in [0.1, 0.15) is 37.4 Å². The van der Waals surface area contributed by atoms with Crippen LogP contribution in [0.25, 0.3) is 10.2 Å². The lowest BCUT2D eigenvalue weighted by Crippen LogP contribution is -2.30. The number of benzene rings is 2. The summed E-state index contributed by atoms with van der Waals surface area (Å²) in [5, 5.41) is 0.690. The average Bonchev–Trinajstić information content (AvgIpc) is 3.23. The first-order valence-electron chi connectivity index (χ1n) is 10.5. The summed E-state index contributed by atoms with van der Waals surface area (Å²) < 4.78 is 14.2. The van der Waals surface area contributed by atoms with E-state index in [4.69, 9.17) is 4.98 Å². The number of rotatable bonds is 8. The number of para-hydroxylation sites is 1. The third kappa shape index (κ3) is 5.34. The molecule has 2 aromatic heterocycles. The van der Waals surface area contributed by atoms with Crippen LogP contribution in [0.4, 0.5) is 9.52 Å². The zero-order valence-electron chi connectivity index (χ0n) is 18.0. The van der Waals surface area contributed by atoms with E-state index in [0.29, 0.717) is 29.8 Å². The second-order valence-electron chi connectivity index (χ2n) is 7.70. The Balaban J connectivity index is 1.57. The van der Waals surface area contributed by atoms with E-state index in [-0.39, 0.29) is 11.7 Å². The van der Waals surface area contributed by atoms with Crippen molar-refractivity contribution >= 4 is 44.4 Å². The van der Waals surface area contributed by atoms with Crippen LogP contribution in [0.2, 0.25) is 0 Å². The lowest BCUT2D eigenvalue weighted by molar-refractivity contribution is -0.118. The fourth-order valence-corrected chi connectivity index (χ4v) is 5.24. The van der Waals surface area contributed by atoms with Gasteiger partial charge in [0.25, 0.3) is 0 Å². The molecule has 0 saturated heterocycles. The number of anilines is 1. The predicted octanol–water partition coefficient (Wildman–Crippen LogP) is 6.67. The Labute approximate surface area is 195 Å². The fourth-order valence-electron chi connectivity index (χ4n) is 3.38. The molecule has 0 aliphatic heterocycles. The number of amides is 1. The van der Waals surface area contributed by atoms with Crippen LogP contribution < -0.4 is 4.90 Å². The number of halogens is 1. The number of carbonyl (C=O) groups excluding carboxylic acids is 1.